The molecule has 1 aromatic heterocycles. The molecule has 0 radical (unpaired) electrons. The topological polar surface area (TPSA) is 77.2 Å². The zero-order valence-electron chi connectivity index (χ0n) is 15.5. The third-order valence-electron chi connectivity index (χ3n) is 4.07. The Hall–Kier alpha value is -3.15. The van der Waals surface area contributed by atoms with Crippen molar-refractivity contribution in [2.24, 2.45) is 0 Å². The van der Waals surface area contributed by atoms with Crippen LogP contribution in [0, 0.1) is 0 Å². The zero-order valence-corrected chi connectivity index (χ0v) is 15.5. The lowest BCUT2D eigenvalue weighted by Gasteiger charge is -2.09. The smallest absolute Gasteiger partial charge is 0.257 e. The number of amides is 1. The molecule has 0 saturated heterocycles. The van der Waals surface area contributed by atoms with Gasteiger partial charge in [-0.25, -0.2) is 0 Å². The first kappa shape index (κ1) is 18.6. The van der Waals surface area contributed by atoms with Crippen LogP contribution in [0.4, 0.5) is 0 Å². The Morgan fingerprint density at radius 3 is 2.52 bits per heavy atom. The molecule has 0 fully saturated rings. The first-order valence-electron chi connectivity index (χ1n) is 8.99. The number of benzene rings is 2. The SMILES string of the molecule is CC(C)c1ccc(OCC(=O)NCCc2nnc(-c3ccccc3)o2)cc1. The molecule has 27 heavy (non-hydrogen) atoms. The molecular weight excluding hydrogens is 342 g/mol. The lowest BCUT2D eigenvalue weighted by molar-refractivity contribution is -0.123. The standard InChI is InChI=1S/C21H23N3O3/c1-15(2)16-8-10-18(11-9-16)26-14-19(25)22-13-12-20-23-24-21(27-20)17-6-4-3-5-7-17/h3-11,15H,12-14H2,1-2H3,(H,22,25). The van der Waals surface area contributed by atoms with E-state index in [4.69, 9.17) is 9.15 Å². The third kappa shape index (κ3) is 5.41. The number of aromatic nitrogens is 2. The van der Waals surface area contributed by atoms with Crippen molar-refractivity contribution >= 4 is 5.91 Å². The van der Waals surface area contributed by atoms with Crippen LogP contribution in [-0.4, -0.2) is 29.3 Å². The molecule has 140 valence electrons. The molecule has 1 amide bonds. The fraction of sp³-hybridized carbons (Fsp3) is 0.286. The van der Waals surface area contributed by atoms with E-state index in [1.54, 1.807) is 0 Å². The summed E-state index contributed by atoms with van der Waals surface area (Å²) in [6.07, 6.45) is 0.467. The first-order chi connectivity index (χ1) is 13.1. The summed E-state index contributed by atoms with van der Waals surface area (Å²) in [5.74, 6) is 1.92. The van der Waals surface area contributed by atoms with Crippen molar-refractivity contribution in [3.63, 3.8) is 0 Å². The van der Waals surface area contributed by atoms with Crippen LogP contribution < -0.4 is 10.1 Å². The largest absolute Gasteiger partial charge is 0.484 e. The van der Waals surface area contributed by atoms with Gasteiger partial charge in [0.2, 0.25) is 11.8 Å². The highest BCUT2D eigenvalue weighted by atomic mass is 16.5. The van der Waals surface area contributed by atoms with Gasteiger partial charge >= 0.3 is 0 Å². The van der Waals surface area contributed by atoms with Crippen LogP contribution in [0.1, 0.15) is 31.2 Å². The van der Waals surface area contributed by atoms with E-state index in [2.05, 4.69) is 29.4 Å². The minimum Gasteiger partial charge on any atom is -0.484 e. The summed E-state index contributed by atoms with van der Waals surface area (Å²) in [4.78, 5) is 11.9. The van der Waals surface area contributed by atoms with Crippen LogP contribution in [0.3, 0.4) is 0 Å². The average Bonchev–Trinajstić information content (AvgIpc) is 3.16. The van der Waals surface area contributed by atoms with Gasteiger partial charge in [0.1, 0.15) is 5.75 Å². The van der Waals surface area contributed by atoms with Crippen LogP contribution in [-0.2, 0) is 11.2 Å². The van der Waals surface area contributed by atoms with Gasteiger partial charge in [-0.3, -0.25) is 4.79 Å². The molecule has 6 heteroatoms. The van der Waals surface area contributed by atoms with Crippen LogP contribution in [0.5, 0.6) is 5.75 Å². The second-order valence-electron chi connectivity index (χ2n) is 6.48. The van der Waals surface area contributed by atoms with E-state index in [9.17, 15) is 4.79 Å². The summed E-state index contributed by atoms with van der Waals surface area (Å²) in [5.41, 5.74) is 2.11. The predicted molar refractivity (Wildman–Crippen MR) is 102 cm³/mol. The average molecular weight is 365 g/mol. The van der Waals surface area contributed by atoms with Crippen molar-refractivity contribution in [3.8, 4) is 17.2 Å². The number of carbonyl (C=O) groups is 1. The fourth-order valence-corrected chi connectivity index (χ4v) is 2.51. The van der Waals surface area contributed by atoms with E-state index >= 15 is 0 Å². The van der Waals surface area contributed by atoms with E-state index in [-0.39, 0.29) is 12.5 Å². The molecule has 6 nitrogen and oxygen atoms in total. The maximum Gasteiger partial charge on any atom is 0.257 e. The Morgan fingerprint density at radius 1 is 1.07 bits per heavy atom. The summed E-state index contributed by atoms with van der Waals surface area (Å²) < 4.78 is 11.1. The number of nitrogens with zero attached hydrogens (tertiary/aromatic N) is 2. The molecule has 0 unspecified atom stereocenters. The van der Waals surface area contributed by atoms with Gasteiger partial charge in [-0.1, -0.05) is 44.2 Å². The maximum atomic E-state index is 11.9. The van der Waals surface area contributed by atoms with Crippen molar-refractivity contribution in [2.45, 2.75) is 26.2 Å². The van der Waals surface area contributed by atoms with Crippen molar-refractivity contribution in [2.75, 3.05) is 13.2 Å². The highest BCUT2D eigenvalue weighted by Crippen LogP contribution is 2.18. The van der Waals surface area contributed by atoms with Crippen molar-refractivity contribution in [1.29, 1.82) is 0 Å². The highest BCUT2D eigenvalue weighted by Gasteiger charge is 2.09. The second kappa shape index (κ2) is 8.98. The van der Waals surface area contributed by atoms with E-state index in [0.717, 1.165) is 5.56 Å². The molecule has 0 spiro atoms. The molecule has 3 aromatic rings. The van der Waals surface area contributed by atoms with Crippen molar-refractivity contribution in [3.05, 3.63) is 66.1 Å². The summed E-state index contributed by atoms with van der Waals surface area (Å²) in [6, 6.07) is 17.4. The molecule has 0 bridgehead atoms. The number of ether oxygens (including phenoxy) is 1. The molecular formula is C21H23N3O3. The van der Waals surface area contributed by atoms with Gasteiger partial charge in [-0.05, 0) is 35.7 Å². The summed E-state index contributed by atoms with van der Waals surface area (Å²) in [6.45, 7) is 4.65. The first-order valence-corrected chi connectivity index (χ1v) is 8.99. The molecule has 0 saturated carbocycles. The van der Waals surface area contributed by atoms with Gasteiger partial charge in [0, 0.05) is 18.5 Å². The minimum absolute atomic E-state index is 0.0277. The van der Waals surface area contributed by atoms with Crippen molar-refractivity contribution < 1.29 is 13.9 Å². The Bertz CT molecular complexity index is 858. The van der Waals surface area contributed by atoms with Gasteiger partial charge in [0.05, 0.1) is 0 Å². The Kier molecular flexibility index (Phi) is 6.20. The summed E-state index contributed by atoms with van der Waals surface area (Å²) in [5, 5.41) is 10.8. The lowest BCUT2D eigenvalue weighted by atomic mass is 10.0. The monoisotopic (exact) mass is 365 g/mol. The van der Waals surface area contributed by atoms with Crippen LogP contribution in [0.25, 0.3) is 11.5 Å². The van der Waals surface area contributed by atoms with Crippen LogP contribution in [0.2, 0.25) is 0 Å². The highest BCUT2D eigenvalue weighted by molar-refractivity contribution is 5.77. The summed E-state index contributed by atoms with van der Waals surface area (Å²) in [7, 11) is 0. The van der Waals surface area contributed by atoms with E-state index < -0.39 is 0 Å². The van der Waals surface area contributed by atoms with Gasteiger partial charge in [0.15, 0.2) is 6.61 Å². The molecule has 0 aliphatic carbocycles. The number of hydrogen-bond donors (Lipinski definition) is 1. The fourth-order valence-electron chi connectivity index (χ4n) is 2.51. The van der Waals surface area contributed by atoms with Crippen molar-refractivity contribution in [1.82, 2.24) is 15.5 Å². The van der Waals surface area contributed by atoms with Gasteiger partial charge in [-0.15, -0.1) is 10.2 Å². The maximum absolute atomic E-state index is 11.9. The Labute approximate surface area is 158 Å². The minimum atomic E-state index is -0.189. The zero-order chi connectivity index (χ0) is 19.1. The molecule has 2 aromatic carbocycles. The number of nitrogens with one attached hydrogen (secondary N) is 1. The Balaban J connectivity index is 1.40. The van der Waals surface area contributed by atoms with E-state index in [0.29, 0.717) is 36.4 Å². The van der Waals surface area contributed by atoms with Gasteiger partial charge in [0.25, 0.3) is 5.91 Å². The number of carbonyl (C=O) groups excluding carboxylic acids is 1. The van der Waals surface area contributed by atoms with Crippen LogP contribution in [0.15, 0.2) is 59.0 Å². The van der Waals surface area contributed by atoms with Gasteiger partial charge in [-0.2, -0.15) is 0 Å². The normalized spacial score (nSPS) is 10.8. The molecule has 0 atom stereocenters. The van der Waals surface area contributed by atoms with Gasteiger partial charge < -0.3 is 14.5 Å². The third-order valence-corrected chi connectivity index (χ3v) is 4.07. The molecule has 3 rings (SSSR count). The number of hydrogen-bond acceptors (Lipinski definition) is 5. The van der Waals surface area contributed by atoms with E-state index in [1.165, 1.54) is 5.56 Å². The van der Waals surface area contributed by atoms with Crippen LogP contribution >= 0.6 is 0 Å². The molecule has 0 aliphatic heterocycles. The molecule has 1 heterocycles. The Morgan fingerprint density at radius 2 is 1.81 bits per heavy atom. The summed E-state index contributed by atoms with van der Waals surface area (Å²) >= 11 is 0. The molecule has 0 aliphatic rings. The lowest BCUT2D eigenvalue weighted by Crippen LogP contribution is -2.30. The number of rotatable bonds is 8. The van der Waals surface area contributed by atoms with E-state index in [1.807, 2.05) is 54.6 Å². The second-order valence-corrected chi connectivity index (χ2v) is 6.48. The molecule has 1 N–H and O–H groups in total. The quantitative estimate of drug-likeness (QED) is 0.660. The predicted octanol–water partition coefficient (Wildman–Crippen LogP) is 3.60.